The van der Waals surface area contributed by atoms with Gasteiger partial charge in [-0.15, -0.1) is 3.89 Å². The molecule has 1 saturated heterocycles. The van der Waals surface area contributed by atoms with E-state index >= 15 is 0 Å². The average Bonchev–Trinajstić information content (AvgIpc) is 2.61. The van der Waals surface area contributed by atoms with Crippen LogP contribution in [0.1, 0.15) is 6.42 Å². The molecular weight excluding hydrogens is 249 g/mol. The van der Waals surface area contributed by atoms with E-state index < -0.39 is 21.4 Å². The third kappa shape index (κ3) is 2.21. The molecule has 0 saturated carbocycles. The molecule has 8 heteroatoms. The van der Waals surface area contributed by atoms with Crippen LogP contribution >= 0.6 is 0 Å². The van der Waals surface area contributed by atoms with Crippen LogP contribution in [0.3, 0.4) is 0 Å². The van der Waals surface area contributed by atoms with E-state index in [0.717, 1.165) is 4.90 Å². The molecule has 0 radical (unpaired) electrons. The van der Waals surface area contributed by atoms with Gasteiger partial charge in [-0.2, -0.15) is 8.42 Å². The molecule has 1 unspecified atom stereocenters. The minimum Gasteiger partial charge on any atom is -0.396 e. The predicted molar refractivity (Wildman–Crippen MR) is 59.4 cm³/mol. The van der Waals surface area contributed by atoms with Crippen LogP contribution in [-0.4, -0.2) is 31.1 Å². The topological polar surface area (TPSA) is 93.4 Å². The number of pyridine rings is 1. The first-order valence-electron chi connectivity index (χ1n) is 4.84. The molecule has 2 rings (SSSR count). The number of hydrogen-bond acceptors (Lipinski definition) is 5. The van der Waals surface area contributed by atoms with Crippen molar-refractivity contribution in [2.75, 3.05) is 17.2 Å². The first kappa shape index (κ1) is 11.8. The van der Waals surface area contributed by atoms with Crippen molar-refractivity contribution < 1.29 is 17.1 Å². The van der Waals surface area contributed by atoms with Crippen LogP contribution < -0.4 is 10.6 Å². The number of aromatic nitrogens is 1. The Kier molecular flexibility index (Phi) is 2.74. The summed E-state index contributed by atoms with van der Waals surface area (Å²) in [5.74, 6) is -0.328. The molecule has 1 fully saturated rings. The second kappa shape index (κ2) is 3.95. The number of nitrogen functional groups attached to an aromatic ring is 1. The molecule has 1 aromatic heterocycles. The fourth-order valence-corrected chi connectivity index (χ4v) is 2.37. The summed E-state index contributed by atoms with van der Waals surface area (Å²) in [4.78, 5) is 16.6. The second-order valence-electron chi connectivity index (χ2n) is 3.72. The average molecular weight is 259 g/mol. The zero-order chi connectivity index (χ0) is 12.6. The Morgan fingerprint density at radius 1 is 1.53 bits per heavy atom. The molecule has 1 amide bonds. The summed E-state index contributed by atoms with van der Waals surface area (Å²) in [6.45, 7) is -0.251. The summed E-state index contributed by atoms with van der Waals surface area (Å²) >= 11 is 0. The molecule has 0 aliphatic carbocycles. The summed E-state index contributed by atoms with van der Waals surface area (Å²) in [6, 6.07) is 3.12. The maximum absolute atomic E-state index is 12.8. The molecule has 2 heterocycles. The van der Waals surface area contributed by atoms with Gasteiger partial charge in [0.2, 0.25) is 5.91 Å². The first-order chi connectivity index (χ1) is 7.89. The van der Waals surface area contributed by atoms with Crippen molar-refractivity contribution in [1.29, 1.82) is 0 Å². The highest BCUT2D eigenvalue weighted by Crippen LogP contribution is 2.27. The van der Waals surface area contributed by atoms with Gasteiger partial charge in [-0.25, -0.2) is 4.98 Å². The molecule has 17 heavy (non-hydrogen) atoms. The van der Waals surface area contributed by atoms with Gasteiger partial charge < -0.3 is 5.73 Å². The second-order valence-corrected chi connectivity index (χ2v) is 5.34. The lowest BCUT2D eigenvalue weighted by atomic mass is 10.3. The van der Waals surface area contributed by atoms with Gasteiger partial charge in [0.05, 0.1) is 5.69 Å². The quantitative estimate of drug-likeness (QED) is 0.758. The lowest BCUT2D eigenvalue weighted by Gasteiger charge is -2.16. The normalized spacial score (nSPS) is 20.9. The van der Waals surface area contributed by atoms with Crippen LogP contribution in [0.15, 0.2) is 18.3 Å². The van der Waals surface area contributed by atoms with Crippen LogP contribution in [0, 0.1) is 0 Å². The molecule has 2 N–H and O–H groups in total. The Labute approximate surface area is 97.5 Å². The molecule has 0 bridgehead atoms. The Morgan fingerprint density at radius 3 is 2.76 bits per heavy atom. The lowest BCUT2D eigenvalue weighted by molar-refractivity contribution is -0.117. The summed E-state index contributed by atoms with van der Waals surface area (Å²) < 4.78 is 34.3. The van der Waals surface area contributed by atoms with Crippen LogP contribution in [0.2, 0.25) is 0 Å². The van der Waals surface area contributed by atoms with Gasteiger partial charge in [0.15, 0.2) is 5.82 Å². The van der Waals surface area contributed by atoms with Gasteiger partial charge in [-0.1, -0.05) is 0 Å². The largest absolute Gasteiger partial charge is 0.396 e. The van der Waals surface area contributed by atoms with E-state index in [1.807, 2.05) is 0 Å². The molecular formula is C9H10FN3O3S. The highest BCUT2D eigenvalue weighted by molar-refractivity contribution is 7.87. The molecule has 92 valence electrons. The van der Waals surface area contributed by atoms with Crippen LogP contribution in [0.4, 0.5) is 15.4 Å². The van der Waals surface area contributed by atoms with Crippen LogP contribution in [0.5, 0.6) is 0 Å². The minimum absolute atomic E-state index is 0.170. The summed E-state index contributed by atoms with van der Waals surface area (Å²) in [5.41, 5.74) is 5.87. The molecule has 1 aliphatic heterocycles. The number of amides is 1. The van der Waals surface area contributed by atoms with E-state index in [1.165, 1.54) is 12.3 Å². The maximum atomic E-state index is 12.8. The first-order valence-corrected chi connectivity index (χ1v) is 6.28. The van der Waals surface area contributed by atoms with E-state index in [-0.39, 0.29) is 24.5 Å². The van der Waals surface area contributed by atoms with Gasteiger partial charge in [0.1, 0.15) is 5.25 Å². The van der Waals surface area contributed by atoms with Gasteiger partial charge in [-0.3, -0.25) is 9.69 Å². The smallest absolute Gasteiger partial charge is 0.307 e. The molecule has 1 atom stereocenters. The highest BCUT2D eigenvalue weighted by atomic mass is 32.3. The standard InChI is InChI=1S/C9H10FN3O3S/c10-17(15,16)6-4-8(14)13(5-6)9-7(11)2-1-3-12-9/h1-3,6H,4-5,11H2. The number of nitrogens with zero attached hydrogens (tertiary/aromatic N) is 2. The Bertz CT molecular complexity index is 560. The van der Waals surface area contributed by atoms with Crippen molar-refractivity contribution in [2.24, 2.45) is 0 Å². The summed E-state index contributed by atoms with van der Waals surface area (Å²) in [7, 11) is -4.72. The van der Waals surface area contributed by atoms with E-state index in [1.54, 1.807) is 6.07 Å². The third-order valence-corrected chi connectivity index (χ3v) is 3.67. The molecule has 6 nitrogen and oxygen atoms in total. The van der Waals surface area contributed by atoms with Gasteiger partial charge >= 0.3 is 10.2 Å². The predicted octanol–water partition coefficient (Wildman–Crippen LogP) is 0.0684. The Balaban J connectivity index is 2.31. The van der Waals surface area contributed by atoms with Gasteiger partial charge in [0, 0.05) is 19.2 Å². The van der Waals surface area contributed by atoms with Crippen molar-refractivity contribution in [1.82, 2.24) is 4.98 Å². The van der Waals surface area contributed by atoms with Crippen LogP contribution in [0.25, 0.3) is 0 Å². The zero-order valence-corrected chi connectivity index (χ0v) is 9.52. The van der Waals surface area contributed by atoms with Crippen molar-refractivity contribution in [3.8, 4) is 0 Å². The van der Waals surface area contributed by atoms with Gasteiger partial charge in [-0.05, 0) is 12.1 Å². The van der Waals surface area contributed by atoms with E-state index in [4.69, 9.17) is 5.73 Å². The SMILES string of the molecule is Nc1cccnc1N1CC(S(=O)(=O)F)CC1=O. The number of rotatable bonds is 2. The number of carbonyl (C=O) groups is 1. The molecule has 1 aromatic rings. The number of carbonyl (C=O) groups excluding carboxylic acids is 1. The lowest BCUT2D eigenvalue weighted by Crippen LogP contribution is -2.28. The molecule has 0 aromatic carbocycles. The minimum atomic E-state index is -4.72. The van der Waals surface area contributed by atoms with Crippen LogP contribution in [-0.2, 0) is 15.0 Å². The van der Waals surface area contributed by atoms with Gasteiger partial charge in [0.25, 0.3) is 0 Å². The van der Waals surface area contributed by atoms with Crippen molar-refractivity contribution in [3.05, 3.63) is 18.3 Å². The summed E-state index contributed by atoms with van der Waals surface area (Å²) in [6.07, 6.45) is 1.05. The van der Waals surface area contributed by atoms with Crippen molar-refractivity contribution in [3.63, 3.8) is 0 Å². The number of halogens is 1. The van der Waals surface area contributed by atoms with Crippen molar-refractivity contribution >= 4 is 27.6 Å². The number of nitrogens with two attached hydrogens (primary N) is 1. The molecule has 1 aliphatic rings. The molecule has 0 spiro atoms. The Hall–Kier alpha value is -1.70. The number of anilines is 2. The van der Waals surface area contributed by atoms with E-state index in [2.05, 4.69) is 4.98 Å². The number of hydrogen-bond donors (Lipinski definition) is 1. The monoisotopic (exact) mass is 259 g/mol. The highest BCUT2D eigenvalue weighted by Gasteiger charge is 2.40. The third-order valence-electron chi connectivity index (χ3n) is 2.56. The van der Waals surface area contributed by atoms with Crippen molar-refractivity contribution in [2.45, 2.75) is 11.7 Å². The summed E-state index contributed by atoms with van der Waals surface area (Å²) in [5, 5.41) is -1.34. The van der Waals surface area contributed by atoms with E-state index in [0.29, 0.717) is 0 Å². The van der Waals surface area contributed by atoms with E-state index in [9.17, 15) is 17.1 Å². The maximum Gasteiger partial charge on any atom is 0.307 e. The zero-order valence-electron chi connectivity index (χ0n) is 8.71. The fourth-order valence-electron chi connectivity index (χ4n) is 1.70. The Morgan fingerprint density at radius 2 is 2.24 bits per heavy atom. The fraction of sp³-hybridized carbons (Fsp3) is 0.333.